The maximum absolute atomic E-state index is 10.4. The molecular formula is C10H15N3O2. The highest BCUT2D eigenvalue weighted by atomic mass is 16.4. The van der Waals surface area contributed by atoms with Crippen LogP contribution in [0.2, 0.25) is 0 Å². The average Bonchev–Trinajstić information content (AvgIpc) is 2.26. The van der Waals surface area contributed by atoms with Gasteiger partial charge in [0, 0.05) is 13.6 Å². The highest BCUT2D eigenvalue weighted by molar-refractivity contribution is 5.67. The van der Waals surface area contributed by atoms with Gasteiger partial charge in [0.25, 0.3) is 0 Å². The number of hydrogen-bond donors (Lipinski definition) is 1. The molecule has 0 radical (unpaired) electrons. The van der Waals surface area contributed by atoms with E-state index in [1.165, 1.54) is 0 Å². The molecular weight excluding hydrogens is 194 g/mol. The molecule has 1 rings (SSSR count). The molecule has 0 fully saturated rings. The number of carbonyl (C=O) groups is 1. The Kier molecular flexibility index (Phi) is 4.03. The maximum atomic E-state index is 10.4. The van der Waals surface area contributed by atoms with Crippen molar-refractivity contribution < 1.29 is 9.90 Å². The molecule has 5 nitrogen and oxygen atoms in total. The molecule has 15 heavy (non-hydrogen) atoms. The molecule has 1 heterocycles. The van der Waals surface area contributed by atoms with E-state index < -0.39 is 5.97 Å². The zero-order valence-corrected chi connectivity index (χ0v) is 8.97. The van der Waals surface area contributed by atoms with E-state index in [1.54, 1.807) is 11.9 Å². The van der Waals surface area contributed by atoms with Gasteiger partial charge in [0.2, 0.25) is 0 Å². The van der Waals surface area contributed by atoms with Crippen LogP contribution in [0.1, 0.15) is 19.0 Å². The smallest absolute Gasteiger partial charge is 0.305 e. The number of aryl methyl sites for hydroxylation is 1. The Morgan fingerprint density at radius 1 is 1.47 bits per heavy atom. The van der Waals surface area contributed by atoms with Gasteiger partial charge in [-0.2, -0.15) is 5.10 Å². The van der Waals surface area contributed by atoms with Gasteiger partial charge >= 0.3 is 5.97 Å². The Morgan fingerprint density at radius 3 is 2.67 bits per heavy atom. The molecule has 0 saturated heterocycles. The predicted octanol–water partition coefficient (Wildman–Crippen LogP) is 0.950. The summed E-state index contributed by atoms with van der Waals surface area (Å²) in [5.41, 5.74) is 0.936. The molecule has 0 saturated carbocycles. The van der Waals surface area contributed by atoms with Gasteiger partial charge in [0.05, 0.1) is 12.1 Å². The first-order valence-electron chi connectivity index (χ1n) is 4.89. The quantitative estimate of drug-likeness (QED) is 0.782. The first-order valence-corrected chi connectivity index (χ1v) is 4.89. The lowest BCUT2D eigenvalue weighted by Gasteiger charge is -2.15. The SMILES string of the molecule is CCc1ccc(N(C)CCC(=O)O)nn1. The molecule has 0 bridgehead atoms. The van der Waals surface area contributed by atoms with Gasteiger partial charge in [-0.3, -0.25) is 4.79 Å². The third-order valence-corrected chi connectivity index (χ3v) is 2.12. The van der Waals surface area contributed by atoms with Crippen molar-refractivity contribution in [3.63, 3.8) is 0 Å². The van der Waals surface area contributed by atoms with Crippen LogP contribution in [0.3, 0.4) is 0 Å². The van der Waals surface area contributed by atoms with Crippen LogP contribution in [0.5, 0.6) is 0 Å². The van der Waals surface area contributed by atoms with Crippen molar-refractivity contribution in [1.82, 2.24) is 10.2 Å². The summed E-state index contributed by atoms with van der Waals surface area (Å²) in [4.78, 5) is 12.2. The number of aliphatic carboxylic acids is 1. The van der Waals surface area contributed by atoms with Crippen molar-refractivity contribution >= 4 is 11.8 Å². The predicted molar refractivity (Wildman–Crippen MR) is 56.9 cm³/mol. The summed E-state index contributed by atoms with van der Waals surface area (Å²) in [5, 5.41) is 16.5. The number of hydrogen-bond acceptors (Lipinski definition) is 4. The molecule has 0 unspecified atom stereocenters. The molecule has 0 spiro atoms. The fourth-order valence-electron chi connectivity index (χ4n) is 1.12. The average molecular weight is 209 g/mol. The Balaban J connectivity index is 2.57. The van der Waals surface area contributed by atoms with E-state index in [2.05, 4.69) is 10.2 Å². The van der Waals surface area contributed by atoms with Crippen molar-refractivity contribution in [1.29, 1.82) is 0 Å². The number of rotatable bonds is 5. The first-order chi connectivity index (χ1) is 7.13. The molecule has 5 heteroatoms. The van der Waals surface area contributed by atoms with Gasteiger partial charge in [0.1, 0.15) is 0 Å². The molecule has 1 aromatic heterocycles. The molecule has 82 valence electrons. The lowest BCUT2D eigenvalue weighted by atomic mass is 10.3. The molecule has 1 N–H and O–H groups in total. The minimum atomic E-state index is -0.806. The molecule has 1 aromatic rings. The van der Waals surface area contributed by atoms with E-state index >= 15 is 0 Å². The number of anilines is 1. The summed E-state index contributed by atoms with van der Waals surface area (Å²) in [5.74, 6) is -0.103. The number of nitrogens with zero attached hydrogens (tertiary/aromatic N) is 3. The van der Waals surface area contributed by atoms with Crippen LogP contribution >= 0.6 is 0 Å². The number of aromatic nitrogens is 2. The van der Waals surface area contributed by atoms with E-state index in [9.17, 15) is 4.79 Å². The van der Waals surface area contributed by atoms with E-state index in [4.69, 9.17) is 5.11 Å². The van der Waals surface area contributed by atoms with E-state index in [-0.39, 0.29) is 6.42 Å². The standard InChI is InChI=1S/C10H15N3O2/c1-3-8-4-5-9(12-11-8)13(2)7-6-10(14)15/h4-5H,3,6-7H2,1-2H3,(H,14,15). The number of carboxylic acids is 1. The fraction of sp³-hybridized carbons (Fsp3) is 0.500. The van der Waals surface area contributed by atoms with Crippen LogP contribution < -0.4 is 4.90 Å². The minimum absolute atomic E-state index is 0.105. The molecule has 0 aliphatic rings. The molecule has 0 aromatic carbocycles. The van der Waals surface area contributed by atoms with Crippen LogP contribution in [0.15, 0.2) is 12.1 Å². The topological polar surface area (TPSA) is 66.3 Å². The van der Waals surface area contributed by atoms with Crippen molar-refractivity contribution in [2.75, 3.05) is 18.5 Å². The highest BCUT2D eigenvalue weighted by Crippen LogP contribution is 2.07. The fourth-order valence-corrected chi connectivity index (χ4v) is 1.12. The maximum Gasteiger partial charge on any atom is 0.305 e. The Morgan fingerprint density at radius 2 is 2.20 bits per heavy atom. The van der Waals surface area contributed by atoms with Crippen molar-refractivity contribution in [3.8, 4) is 0 Å². The van der Waals surface area contributed by atoms with Crippen molar-refractivity contribution in [2.24, 2.45) is 0 Å². The van der Waals surface area contributed by atoms with Gasteiger partial charge in [-0.1, -0.05) is 6.92 Å². The van der Waals surface area contributed by atoms with Gasteiger partial charge in [-0.05, 0) is 18.6 Å². The third kappa shape index (κ3) is 3.53. The van der Waals surface area contributed by atoms with Crippen molar-refractivity contribution in [2.45, 2.75) is 19.8 Å². The summed E-state index contributed by atoms with van der Waals surface area (Å²) in [7, 11) is 1.80. The van der Waals surface area contributed by atoms with Gasteiger partial charge in [-0.15, -0.1) is 5.10 Å². The Labute approximate surface area is 88.7 Å². The summed E-state index contributed by atoms with van der Waals surface area (Å²) in [6.07, 6.45) is 0.958. The first kappa shape index (κ1) is 11.4. The van der Waals surface area contributed by atoms with E-state index in [1.807, 2.05) is 19.1 Å². The van der Waals surface area contributed by atoms with Gasteiger partial charge < -0.3 is 10.0 Å². The lowest BCUT2D eigenvalue weighted by molar-refractivity contribution is -0.136. The van der Waals surface area contributed by atoms with Crippen LogP contribution in [-0.4, -0.2) is 34.9 Å². The molecule has 0 aliphatic heterocycles. The number of carboxylic acid groups (broad SMARTS) is 1. The summed E-state index contributed by atoms with van der Waals surface area (Å²) >= 11 is 0. The second-order valence-corrected chi connectivity index (χ2v) is 3.30. The lowest BCUT2D eigenvalue weighted by Crippen LogP contribution is -2.22. The van der Waals surface area contributed by atoms with Crippen molar-refractivity contribution in [3.05, 3.63) is 17.8 Å². The van der Waals surface area contributed by atoms with Crippen LogP contribution in [0, 0.1) is 0 Å². The van der Waals surface area contributed by atoms with Gasteiger partial charge in [0.15, 0.2) is 5.82 Å². The van der Waals surface area contributed by atoms with E-state index in [0.29, 0.717) is 12.4 Å². The van der Waals surface area contributed by atoms with Crippen LogP contribution in [0.4, 0.5) is 5.82 Å². The summed E-state index contributed by atoms with van der Waals surface area (Å²) in [6.45, 7) is 2.45. The Hall–Kier alpha value is -1.65. The molecule has 0 atom stereocenters. The monoisotopic (exact) mass is 209 g/mol. The van der Waals surface area contributed by atoms with E-state index in [0.717, 1.165) is 12.1 Å². The zero-order chi connectivity index (χ0) is 11.3. The summed E-state index contributed by atoms with van der Waals surface area (Å²) in [6, 6.07) is 3.76. The van der Waals surface area contributed by atoms with Gasteiger partial charge in [-0.25, -0.2) is 0 Å². The highest BCUT2D eigenvalue weighted by Gasteiger charge is 2.05. The minimum Gasteiger partial charge on any atom is -0.481 e. The van der Waals surface area contributed by atoms with Crippen LogP contribution in [-0.2, 0) is 11.2 Å². The second-order valence-electron chi connectivity index (χ2n) is 3.30. The van der Waals surface area contributed by atoms with Crippen LogP contribution in [0.25, 0.3) is 0 Å². The Bertz CT molecular complexity index is 324. The largest absolute Gasteiger partial charge is 0.481 e. The normalized spacial score (nSPS) is 10.0. The second kappa shape index (κ2) is 5.29. The zero-order valence-electron chi connectivity index (χ0n) is 8.97. The molecule has 0 amide bonds. The molecule has 0 aliphatic carbocycles. The third-order valence-electron chi connectivity index (χ3n) is 2.12. The summed E-state index contributed by atoms with van der Waals surface area (Å²) < 4.78 is 0.